The Bertz CT molecular complexity index is 319. The van der Waals surface area contributed by atoms with Gasteiger partial charge in [-0.05, 0) is 38.1 Å². The Kier molecular flexibility index (Phi) is 3.66. The van der Waals surface area contributed by atoms with Crippen LogP contribution in [0, 0.1) is 5.92 Å². The van der Waals surface area contributed by atoms with Gasteiger partial charge in [0.1, 0.15) is 6.04 Å². The van der Waals surface area contributed by atoms with Gasteiger partial charge in [-0.1, -0.05) is 6.92 Å². The molecule has 2 saturated heterocycles. The molecule has 0 radical (unpaired) electrons. The van der Waals surface area contributed by atoms with E-state index in [1.807, 2.05) is 0 Å². The molecule has 5 heteroatoms. The molecule has 0 aromatic rings. The van der Waals surface area contributed by atoms with Crippen molar-refractivity contribution in [3.8, 4) is 0 Å². The molecule has 96 valence electrons. The zero-order valence-electron chi connectivity index (χ0n) is 10.2. The number of carboxylic acid groups (broad SMARTS) is 1. The van der Waals surface area contributed by atoms with E-state index in [4.69, 9.17) is 5.11 Å². The van der Waals surface area contributed by atoms with E-state index in [9.17, 15) is 9.59 Å². The number of hydrogen-bond acceptors (Lipinski definition) is 3. The first kappa shape index (κ1) is 12.4. The van der Waals surface area contributed by atoms with Crippen molar-refractivity contribution in [1.29, 1.82) is 0 Å². The van der Waals surface area contributed by atoms with E-state index in [2.05, 4.69) is 12.2 Å². The van der Waals surface area contributed by atoms with Crippen LogP contribution in [0.2, 0.25) is 0 Å². The van der Waals surface area contributed by atoms with Gasteiger partial charge in [-0.25, -0.2) is 4.79 Å². The molecular weight excluding hydrogens is 220 g/mol. The number of carboxylic acids is 1. The Morgan fingerprint density at radius 2 is 2.12 bits per heavy atom. The molecule has 2 fully saturated rings. The molecule has 2 heterocycles. The van der Waals surface area contributed by atoms with Gasteiger partial charge in [-0.3, -0.25) is 4.79 Å². The predicted molar refractivity (Wildman–Crippen MR) is 62.6 cm³/mol. The van der Waals surface area contributed by atoms with Crippen molar-refractivity contribution in [3.05, 3.63) is 0 Å². The van der Waals surface area contributed by atoms with E-state index in [0.29, 0.717) is 18.9 Å². The first-order chi connectivity index (χ1) is 8.09. The molecule has 0 bridgehead atoms. The highest BCUT2D eigenvalue weighted by atomic mass is 16.4. The minimum absolute atomic E-state index is 0.0264. The summed E-state index contributed by atoms with van der Waals surface area (Å²) in [5.41, 5.74) is 0. The van der Waals surface area contributed by atoms with Gasteiger partial charge in [-0.15, -0.1) is 0 Å². The van der Waals surface area contributed by atoms with Gasteiger partial charge in [-0.2, -0.15) is 0 Å². The number of amides is 1. The Hall–Kier alpha value is -1.10. The van der Waals surface area contributed by atoms with Crippen molar-refractivity contribution in [2.75, 3.05) is 13.1 Å². The van der Waals surface area contributed by atoms with Crippen molar-refractivity contribution in [2.24, 2.45) is 5.92 Å². The number of carbonyl (C=O) groups is 2. The SMILES string of the molecule is CC1CCNC(C(=O)N2CCC[C@H]2C(=O)O)C1. The van der Waals surface area contributed by atoms with Crippen molar-refractivity contribution < 1.29 is 14.7 Å². The highest BCUT2D eigenvalue weighted by Gasteiger charge is 2.37. The molecular formula is C12H20N2O3. The quantitative estimate of drug-likeness (QED) is 0.735. The molecule has 1 amide bonds. The number of nitrogens with one attached hydrogen (secondary N) is 1. The van der Waals surface area contributed by atoms with Gasteiger partial charge >= 0.3 is 5.97 Å². The average Bonchev–Trinajstić information content (AvgIpc) is 2.77. The van der Waals surface area contributed by atoms with E-state index in [0.717, 1.165) is 25.8 Å². The highest BCUT2D eigenvalue weighted by Crippen LogP contribution is 2.22. The van der Waals surface area contributed by atoms with Crippen LogP contribution >= 0.6 is 0 Å². The van der Waals surface area contributed by atoms with E-state index in [1.54, 1.807) is 0 Å². The van der Waals surface area contributed by atoms with Gasteiger partial charge in [0.15, 0.2) is 0 Å². The van der Waals surface area contributed by atoms with Crippen LogP contribution in [0.4, 0.5) is 0 Å². The number of hydrogen-bond donors (Lipinski definition) is 2. The summed E-state index contributed by atoms with van der Waals surface area (Å²) in [6.07, 6.45) is 3.29. The van der Waals surface area contributed by atoms with E-state index < -0.39 is 12.0 Å². The second-order valence-electron chi connectivity index (χ2n) is 5.16. The lowest BCUT2D eigenvalue weighted by molar-refractivity contribution is -0.149. The number of nitrogens with zero attached hydrogens (tertiary/aromatic N) is 1. The fourth-order valence-electron chi connectivity index (χ4n) is 2.78. The Labute approximate surface area is 101 Å². The molecule has 2 aliphatic rings. The van der Waals surface area contributed by atoms with Gasteiger partial charge in [0.05, 0.1) is 6.04 Å². The van der Waals surface area contributed by atoms with E-state index in [-0.39, 0.29) is 11.9 Å². The summed E-state index contributed by atoms with van der Waals surface area (Å²) in [5, 5.41) is 12.3. The Morgan fingerprint density at radius 1 is 1.35 bits per heavy atom. The molecule has 0 aliphatic carbocycles. The third kappa shape index (κ3) is 2.60. The number of rotatable bonds is 2. The molecule has 2 rings (SSSR count). The van der Waals surface area contributed by atoms with Gasteiger partial charge in [0, 0.05) is 6.54 Å². The lowest BCUT2D eigenvalue weighted by atomic mass is 9.93. The molecule has 0 spiro atoms. The number of aliphatic carboxylic acids is 1. The fourth-order valence-corrected chi connectivity index (χ4v) is 2.78. The first-order valence-electron chi connectivity index (χ1n) is 6.36. The Balaban J connectivity index is 2.01. The second kappa shape index (κ2) is 5.04. The second-order valence-corrected chi connectivity index (χ2v) is 5.16. The smallest absolute Gasteiger partial charge is 0.326 e. The van der Waals surface area contributed by atoms with Crippen molar-refractivity contribution in [2.45, 2.75) is 44.7 Å². The van der Waals surface area contributed by atoms with E-state index >= 15 is 0 Å². The predicted octanol–water partition coefficient (Wildman–Crippen LogP) is 0.450. The summed E-state index contributed by atoms with van der Waals surface area (Å²) in [4.78, 5) is 24.8. The maximum Gasteiger partial charge on any atom is 0.326 e. The van der Waals surface area contributed by atoms with Gasteiger partial charge < -0.3 is 15.3 Å². The van der Waals surface area contributed by atoms with Crippen LogP contribution in [0.5, 0.6) is 0 Å². The summed E-state index contributed by atoms with van der Waals surface area (Å²) in [6.45, 7) is 3.57. The van der Waals surface area contributed by atoms with Crippen molar-refractivity contribution in [3.63, 3.8) is 0 Å². The molecule has 0 saturated carbocycles. The maximum atomic E-state index is 12.3. The molecule has 0 aromatic heterocycles. The van der Waals surface area contributed by atoms with Gasteiger partial charge in [0.2, 0.25) is 5.91 Å². The zero-order valence-corrected chi connectivity index (χ0v) is 10.2. The maximum absolute atomic E-state index is 12.3. The average molecular weight is 240 g/mol. The molecule has 0 aromatic carbocycles. The standard InChI is InChI=1S/C12H20N2O3/c1-8-4-5-13-9(7-8)11(15)14-6-2-3-10(14)12(16)17/h8-10,13H,2-7H2,1H3,(H,16,17)/t8?,9?,10-/m0/s1. The van der Waals surface area contributed by atoms with Crippen LogP contribution in [0.3, 0.4) is 0 Å². The summed E-state index contributed by atoms with van der Waals surface area (Å²) < 4.78 is 0. The molecule has 5 nitrogen and oxygen atoms in total. The minimum atomic E-state index is -0.875. The first-order valence-corrected chi connectivity index (χ1v) is 6.36. The fraction of sp³-hybridized carbons (Fsp3) is 0.833. The van der Waals surface area contributed by atoms with Crippen LogP contribution in [0.25, 0.3) is 0 Å². The van der Waals surface area contributed by atoms with Crippen LogP contribution in [-0.4, -0.2) is 47.1 Å². The molecule has 2 aliphatic heterocycles. The molecule has 17 heavy (non-hydrogen) atoms. The summed E-state index contributed by atoms with van der Waals surface area (Å²) >= 11 is 0. The van der Waals surface area contributed by atoms with Crippen LogP contribution in [0.15, 0.2) is 0 Å². The summed E-state index contributed by atoms with van der Waals surface area (Å²) in [6, 6.07) is -0.791. The monoisotopic (exact) mass is 240 g/mol. The zero-order chi connectivity index (χ0) is 12.4. The minimum Gasteiger partial charge on any atom is -0.480 e. The third-order valence-electron chi connectivity index (χ3n) is 3.78. The molecule has 2 unspecified atom stereocenters. The molecule has 2 N–H and O–H groups in total. The Morgan fingerprint density at radius 3 is 2.76 bits per heavy atom. The lowest BCUT2D eigenvalue weighted by Crippen LogP contribution is -2.52. The van der Waals surface area contributed by atoms with Gasteiger partial charge in [0.25, 0.3) is 0 Å². The number of likely N-dealkylation sites (tertiary alicyclic amines) is 1. The number of piperidine rings is 1. The number of carbonyl (C=O) groups excluding carboxylic acids is 1. The third-order valence-corrected chi connectivity index (χ3v) is 3.78. The lowest BCUT2D eigenvalue weighted by Gasteiger charge is -2.32. The summed E-state index contributed by atoms with van der Waals surface area (Å²) in [5.74, 6) is -0.364. The van der Waals surface area contributed by atoms with Crippen LogP contribution in [-0.2, 0) is 9.59 Å². The van der Waals surface area contributed by atoms with Crippen LogP contribution < -0.4 is 5.32 Å². The normalized spacial score (nSPS) is 33.7. The van der Waals surface area contributed by atoms with Crippen molar-refractivity contribution in [1.82, 2.24) is 10.2 Å². The largest absolute Gasteiger partial charge is 0.480 e. The van der Waals surface area contributed by atoms with Crippen molar-refractivity contribution >= 4 is 11.9 Å². The topological polar surface area (TPSA) is 69.6 Å². The van der Waals surface area contributed by atoms with E-state index in [1.165, 1.54) is 4.90 Å². The molecule has 3 atom stereocenters. The van der Waals surface area contributed by atoms with Crippen LogP contribution in [0.1, 0.15) is 32.6 Å². The summed E-state index contributed by atoms with van der Waals surface area (Å²) in [7, 11) is 0. The highest BCUT2D eigenvalue weighted by molar-refractivity contribution is 5.87.